The summed E-state index contributed by atoms with van der Waals surface area (Å²) in [6, 6.07) is 0.429. The van der Waals surface area contributed by atoms with Gasteiger partial charge in [-0.15, -0.1) is 0 Å². The molecule has 1 aliphatic rings. The van der Waals surface area contributed by atoms with Gasteiger partial charge in [-0.1, -0.05) is 19.3 Å². The second-order valence-corrected chi connectivity index (χ2v) is 6.73. The minimum absolute atomic E-state index is 0.212. The number of hydrogen-bond acceptors (Lipinski definition) is 2. The molecule has 1 aliphatic carbocycles. The van der Waals surface area contributed by atoms with Crippen molar-refractivity contribution in [2.45, 2.75) is 78.3 Å². The van der Waals surface area contributed by atoms with Gasteiger partial charge in [0.1, 0.15) is 0 Å². The van der Waals surface area contributed by atoms with Crippen molar-refractivity contribution >= 4 is 5.91 Å². The van der Waals surface area contributed by atoms with Gasteiger partial charge >= 0.3 is 0 Å². The molecule has 0 radical (unpaired) electrons. The summed E-state index contributed by atoms with van der Waals surface area (Å²) >= 11 is 0. The molecule has 1 rings (SSSR count). The summed E-state index contributed by atoms with van der Waals surface area (Å²) in [6.07, 6.45) is 6.12. The van der Waals surface area contributed by atoms with Crippen LogP contribution in [0.2, 0.25) is 0 Å². The predicted molar refractivity (Wildman–Crippen MR) is 76.3 cm³/mol. The third-order valence-electron chi connectivity index (χ3n) is 4.76. The van der Waals surface area contributed by atoms with Crippen LogP contribution in [-0.4, -0.2) is 28.9 Å². The van der Waals surface area contributed by atoms with E-state index in [1.165, 1.54) is 19.3 Å². The van der Waals surface area contributed by atoms with Crippen molar-refractivity contribution in [2.75, 3.05) is 6.54 Å². The lowest BCUT2D eigenvalue weighted by Crippen LogP contribution is -2.58. The van der Waals surface area contributed by atoms with Crippen molar-refractivity contribution in [3.63, 3.8) is 0 Å². The Labute approximate surface area is 112 Å². The van der Waals surface area contributed by atoms with E-state index in [0.717, 1.165) is 19.4 Å². The van der Waals surface area contributed by atoms with E-state index in [-0.39, 0.29) is 5.91 Å². The van der Waals surface area contributed by atoms with Crippen molar-refractivity contribution in [3.8, 4) is 0 Å². The third kappa shape index (κ3) is 3.05. The molecule has 0 aromatic heterocycles. The normalized spacial score (nSPS) is 18.8. The molecule has 1 amide bonds. The Kier molecular flexibility index (Phi) is 4.82. The van der Waals surface area contributed by atoms with Gasteiger partial charge in [0.05, 0.1) is 5.41 Å². The molecule has 0 saturated heterocycles. The lowest BCUT2D eigenvalue weighted by molar-refractivity contribution is -0.146. The topological polar surface area (TPSA) is 46.3 Å². The predicted octanol–water partition coefficient (Wildman–Crippen LogP) is 2.93. The van der Waals surface area contributed by atoms with Crippen LogP contribution in [0.3, 0.4) is 0 Å². The lowest BCUT2D eigenvalue weighted by Gasteiger charge is -2.44. The molecule has 2 N–H and O–H groups in total. The summed E-state index contributed by atoms with van der Waals surface area (Å²) in [7, 11) is 0. The maximum Gasteiger partial charge on any atom is 0.230 e. The second kappa shape index (κ2) is 5.60. The van der Waals surface area contributed by atoms with Gasteiger partial charge in [0.25, 0.3) is 0 Å². The molecule has 3 nitrogen and oxygen atoms in total. The van der Waals surface area contributed by atoms with E-state index in [0.29, 0.717) is 6.04 Å². The van der Waals surface area contributed by atoms with E-state index in [1.807, 2.05) is 27.7 Å². The minimum atomic E-state index is -0.513. The monoisotopic (exact) mass is 254 g/mol. The average Bonchev–Trinajstić information content (AvgIpc) is 2.29. The van der Waals surface area contributed by atoms with Crippen LogP contribution >= 0.6 is 0 Å². The first kappa shape index (κ1) is 15.5. The Morgan fingerprint density at radius 3 is 2.06 bits per heavy atom. The largest absolute Gasteiger partial charge is 0.339 e. The zero-order valence-corrected chi connectivity index (χ0v) is 12.8. The van der Waals surface area contributed by atoms with Gasteiger partial charge in [-0.3, -0.25) is 4.79 Å². The highest BCUT2D eigenvalue weighted by atomic mass is 16.2. The number of amides is 1. The van der Waals surface area contributed by atoms with Crippen LogP contribution in [0, 0.1) is 5.41 Å². The van der Waals surface area contributed by atoms with E-state index in [1.54, 1.807) is 0 Å². The van der Waals surface area contributed by atoms with Crippen LogP contribution in [0.25, 0.3) is 0 Å². The molecule has 1 saturated carbocycles. The van der Waals surface area contributed by atoms with Gasteiger partial charge < -0.3 is 10.6 Å². The lowest BCUT2D eigenvalue weighted by atomic mass is 9.73. The fraction of sp³-hybridized carbons (Fsp3) is 0.933. The molecular weight excluding hydrogens is 224 g/mol. The van der Waals surface area contributed by atoms with Crippen LogP contribution in [0.4, 0.5) is 0 Å². The molecule has 0 aromatic carbocycles. The van der Waals surface area contributed by atoms with E-state index >= 15 is 0 Å². The van der Waals surface area contributed by atoms with Gasteiger partial charge in [-0.25, -0.2) is 0 Å². The highest BCUT2D eigenvalue weighted by Crippen LogP contribution is 2.33. The van der Waals surface area contributed by atoms with Gasteiger partial charge in [0.2, 0.25) is 5.91 Å². The Morgan fingerprint density at radius 2 is 1.67 bits per heavy atom. The smallest absolute Gasteiger partial charge is 0.230 e. The highest BCUT2D eigenvalue weighted by molar-refractivity contribution is 5.83. The first-order valence-electron chi connectivity index (χ1n) is 7.31. The maximum atomic E-state index is 12.8. The SMILES string of the molecule is CCN(C(=O)C(C)(C)C(C)(C)N)C1CCCCC1. The Bertz CT molecular complexity index is 285. The molecule has 0 aliphatic heterocycles. The highest BCUT2D eigenvalue weighted by Gasteiger charge is 2.43. The molecule has 3 heteroatoms. The van der Waals surface area contributed by atoms with E-state index in [9.17, 15) is 4.79 Å². The van der Waals surface area contributed by atoms with Crippen molar-refractivity contribution in [1.82, 2.24) is 4.90 Å². The van der Waals surface area contributed by atoms with Crippen molar-refractivity contribution in [1.29, 1.82) is 0 Å². The number of carbonyl (C=O) groups is 1. The molecule has 1 fully saturated rings. The number of rotatable bonds is 4. The summed E-state index contributed by atoms with van der Waals surface area (Å²) in [5.41, 5.74) is 5.18. The molecule has 0 bridgehead atoms. The zero-order valence-electron chi connectivity index (χ0n) is 12.8. The molecule has 0 atom stereocenters. The fourth-order valence-electron chi connectivity index (χ4n) is 2.59. The Hall–Kier alpha value is -0.570. The van der Waals surface area contributed by atoms with Crippen LogP contribution in [0.1, 0.15) is 66.7 Å². The molecule has 106 valence electrons. The molecule has 0 unspecified atom stereocenters. The number of nitrogens with zero attached hydrogens (tertiary/aromatic N) is 1. The third-order valence-corrected chi connectivity index (χ3v) is 4.76. The zero-order chi connectivity index (χ0) is 14.0. The summed E-state index contributed by atoms with van der Waals surface area (Å²) in [6.45, 7) is 10.7. The Morgan fingerprint density at radius 1 is 1.17 bits per heavy atom. The van der Waals surface area contributed by atoms with Crippen LogP contribution in [0.15, 0.2) is 0 Å². The standard InChI is InChI=1S/C15H30N2O/c1-6-17(12-10-8-7-9-11-12)13(18)14(2,3)15(4,5)16/h12H,6-11,16H2,1-5H3. The molecular formula is C15H30N2O. The first-order valence-corrected chi connectivity index (χ1v) is 7.31. The number of carbonyl (C=O) groups excluding carboxylic acids is 1. The van der Waals surface area contributed by atoms with Gasteiger partial charge in [0.15, 0.2) is 0 Å². The van der Waals surface area contributed by atoms with Crippen LogP contribution < -0.4 is 5.73 Å². The van der Waals surface area contributed by atoms with E-state index < -0.39 is 11.0 Å². The van der Waals surface area contributed by atoms with E-state index in [2.05, 4.69) is 11.8 Å². The minimum Gasteiger partial charge on any atom is -0.339 e. The summed E-state index contributed by atoms with van der Waals surface area (Å²) in [5.74, 6) is 0.212. The van der Waals surface area contributed by atoms with Crippen molar-refractivity contribution in [3.05, 3.63) is 0 Å². The molecule has 18 heavy (non-hydrogen) atoms. The van der Waals surface area contributed by atoms with Crippen molar-refractivity contribution in [2.24, 2.45) is 11.1 Å². The second-order valence-electron chi connectivity index (χ2n) is 6.73. The quantitative estimate of drug-likeness (QED) is 0.838. The van der Waals surface area contributed by atoms with E-state index in [4.69, 9.17) is 5.73 Å². The number of nitrogens with two attached hydrogens (primary N) is 1. The molecule has 0 aromatic rings. The average molecular weight is 254 g/mol. The molecule has 0 heterocycles. The first-order chi connectivity index (χ1) is 8.21. The fourth-order valence-corrected chi connectivity index (χ4v) is 2.59. The van der Waals surface area contributed by atoms with Gasteiger partial charge in [-0.2, -0.15) is 0 Å². The van der Waals surface area contributed by atoms with Crippen LogP contribution in [0.5, 0.6) is 0 Å². The van der Waals surface area contributed by atoms with Gasteiger partial charge in [0, 0.05) is 18.1 Å². The number of hydrogen-bond donors (Lipinski definition) is 1. The van der Waals surface area contributed by atoms with Crippen molar-refractivity contribution < 1.29 is 4.79 Å². The summed E-state index contributed by atoms with van der Waals surface area (Å²) < 4.78 is 0. The Balaban J connectivity index is 2.84. The maximum absolute atomic E-state index is 12.8. The summed E-state index contributed by atoms with van der Waals surface area (Å²) in [5, 5.41) is 0. The van der Waals surface area contributed by atoms with Crippen LogP contribution in [-0.2, 0) is 4.79 Å². The van der Waals surface area contributed by atoms with Gasteiger partial charge in [-0.05, 0) is 47.5 Å². The molecule has 0 spiro atoms. The summed E-state index contributed by atoms with van der Waals surface area (Å²) in [4.78, 5) is 14.9.